The maximum atomic E-state index is 4.84. The smallest absolute Gasteiger partial charge is 0.225 e. The molecule has 3 rings (SSSR count). The summed E-state index contributed by atoms with van der Waals surface area (Å²) in [5, 5.41) is 3.40. The minimum atomic E-state index is 0.793. The number of guanidine groups is 1. The number of nitrogens with zero attached hydrogens (tertiary/aromatic N) is 7. The molecule has 0 aromatic carbocycles. The first-order chi connectivity index (χ1) is 13.7. The van der Waals surface area contributed by atoms with Crippen molar-refractivity contribution in [2.75, 3.05) is 57.8 Å². The van der Waals surface area contributed by atoms with Gasteiger partial charge in [0.15, 0.2) is 5.96 Å². The Morgan fingerprint density at radius 3 is 2.57 bits per heavy atom. The third-order valence-corrected chi connectivity index (χ3v) is 5.03. The van der Waals surface area contributed by atoms with E-state index in [1.54, 1.807) is 12.4 Å². The molecule has 0 amide bonds. The summed E-state index contributed by atoms with van der Waals surface area (Å²) < 4.78 is 2.15. The molecule has 152 valence electrons. The van der Waals surface area contributed by atoms with Gasteiger partial charge in [-0.05, 0) is 25.1 Å². The van der Waals surface area contributed by atoms with Crippen molar-refractivity contribution in [2.45, 2.75) is 13.5 Å². The quantitative estimate of drug-likeness (QED) is 0.568. The molecule has 0 unspecified atom stereocenters. The van der Waals surface area contributed by atoms with Gasteiger partial charge in [0, 0.05) is 77.6 Å². The average molecular weight is 385 g/mol. The van der Waals surface area contributed by atoms with Crippen molar-refractivity contribution in [1.82, 2.24) is 29.7 Å². The molecule has 0 aliphatic carbocycles. The predicted molar refractivity (Wildman–Crippen MR) is 114 cm³/mol. The number of aromatic nitrogens is 3. The normalized spacial score (nSPS) is 15.7. The van der Waals surface area contributed by atoms with E-state index in [0.29, 0.717) is 0 Å². The van der Waals surface area contributed by atoms with E-state index in [1.807, 2.05) is 6.07 Å². The van der Waals surface area contributed by atoms with Crippen molar-refractivity contribution >= 4 is 11.9 Å². The molecule has 2 aromatic rings. The number of hydrogen-bond donors (Lipinski definition) is 1. The molecule has 0 bridgehead atoms. The highest BCUT2D eigenvalue weighted by atomic mass is 15.3. The number of piperazine rings is 1. The summed E-state index contributed by atoms with van der Waals surface area (Å²) in [4.78, 5) is 20.4. The lowest BCUT2D eigenvalue weighted by molar-refractivity contribution is 0.263. The van der Waals surface area contributed by atoms with Gasteiger partial charge in [0.2, 0.25) is 5.95 Å². The molecule has 8 nitrogen and oxygen atoms in total. The van der Waals surface area contributed by atoms with Gasteiger partial charge in [-0.15, -0.1) is 0 Å². The summed E-state index contributed by atoms with van der Waals surface area (Å²) in [5.41, 5.74) is 1.27. The molecule has 0 saturated carbocycles. The number of hydrogen-bond acceptors (Lipinski definition) is 5. The number of nitrogens with one attached hydrogen (secondary N) is 1. The van der Waals surface area contributed by atoms with E-state index in [0.717, 1.165) is 64.3 Å². The maximum absolute atomic E-state index is 4.84. The predicted octanol–water partition coefficient (Wildman–Crippen LogP) is 1.03. The molecule has 0 atom stereocenters. The van der Waals surface area contributed by atoms with Gasteiger partial charge in [0.1, 0.15) is 0 Å². The standard InChI is InChI=1S/C20H32N8/c1-4-21-19(26(3)17-18-7-5-11-25(18)2)24-10-12-27-13-15-28(16-14-27)20-22-8-6-9-23-20/h5-9,11H,4,10,12-17H2,1-3H3,(H,21,24). The zero-order chi connectivity index (χ0) is 19.8. The van der Waals surface area contributed by atoms with Crippen molar-refractivity contribution in [3.8, 4) is 0 Å². The van der Waals surface area contributed by atoms with Gasteiger partial charge in [-0.2, -0.15) is 0 Å². The van der Waals surface area contributed by atoms with Gasteiger partial charge in [-0.1, -0.05) is 0 Å². The van der Waals surface area contributed by atoms with Gasteiger partial charge in [-0.3, -0.25) is 9.89 Å². The Hall–Kier alpha value is -2.61. The first-order valence-corrected chi connectivity index (χ1v) is 10.0. The summed E-state index contributed by atoms with van der Waals surface area (Å²) in [5.74, 6) is 1.79. The number of anilines is 1. The minimum Gasteiger partial charge on any atom is -0.357 e. The van der Waals surface area contributed by atoms with Gasteiger partial charge in [0.05, 0.1) is 13.1 Å². The maximum Gasteiger partial charge on any atom is 0.225 e. The van der Waals surface area contributed by atoms with Crippen LogP contribution >= 0.6 is 0 Å². The second kappa shape index (κ2) is 10.1. The van der Waals surface area contributed by atoms with E-state index in [9.17, 15) is 0 Å². The zero-order valence-corrected chi connectivity index (χ0v) is 17.3. The van der Waals surface area contributed by atoms with E-state index in [-0.39, 0.29) is 0 Å². The average Bonchev–Trinajstić information content (AvgIpc) is 3.13. The van der Waals surface area contributed by atoms with Crippen LogP contribution < -0.4 is 10.2 Å². The molecule has 0 radical (unpaired) electrons. The lowest BCUT2D eigenvalue weighted by Crippen LogP contribution is -2.48. The fourth-order valence-corrected chi connectivity index (χ4v) is 3.37. The highest BCUT2D eigenvalue weighted by Gasteiger charge is 2.18. The monoisotopic (exact) mass is 384 g/mol. The molecule has 1 saturated heterocycles. The summed E-state index contributed by atoms with van der Waals surface area (Å²) in [6.07, 6.45) is 5.68. The molecule has 2 aromatic heterocycles. The van der Waals surface area contributed by atoms with Crippen LogP contribution in [0.1, 0.15) is 12.6 Å². The molecule has 1 aliphatic rings. The molecular weight excluding hydrogens is 352 g/mol. The van der Waals surface area contributed by atoms with E-state index in [2.05, 4.69) is 73.9 Å². The Bertz CT molecular complexity index is 734. The molecule has 28 heavy (non-hydrogen) atoms. The zero-order valence-electron chi connectivity index (χ0n) is 17.3. The number of aryl methyl sites for hydroxylation is 1. The Morgan fingerprint density at radius 2 is 1.93 bits per heavy atom. The van der Waals surface area contributed by atoms with Gasteiger partial charge >= 0.3 is 0 Å². The first kappa shape index (κ1) is 20.1. The molecule has 0 spiro atoms. The van der Waals surface area contributed by atoms with E-state index < -0.39 is 0 Å². The fraction of sp³-hybridized carbons (Fsp3) is 0.550. The number of aliphatic imine (C=N–C) groups is 1. The molecule has 1 aliphatic heterocycles. The Balaban J connectivity index is 1.47. The van der Waals surface area contributed by atoms with Gasteiger partial charge in [0.25, 0.3) is 0 Å². The first-order valence-electron chi connectivity index (χ1n) is 10.0. The van der Waals surface area contributed by atoms with E-state index >= 15 is 0 Å². The van der Waals surface area contributed by atoms with Gasteiger partial charge in [-0.25, -0.2) is 9.97 Å². The van der Waals surface area contributed by atoms with Crippen molar-refractivity contribution in [3.05, 3.63) is 42.5 Å². The molecule has 3 heterocycles. The second-order valence-electron chi connectivity index (χ2n) is 7.08. The molecule has 1 N–H and O–H groups in total. The largest absolute Gasteiger partial charge is 0.357 e. The van der Waals surface area contributed by atoms with E-state index in [4.69, 9.17) is 4.99 Å². The Labute approximate surface area is 167 Å². The van der Waals surface area contributed by atoms with Crippen LogP contribution in [0.25, 0.3) is 0 Å². The summed E-state index contributed by atoms with van der Waals surface area (Å²) in [7, 11) is 4.17. The van der Waals surface area contributed by atoms with Crippen molar-refractivity contribution < 1.29 is 0 Å². The molecule has 1 fully saturated rings. The van der Waals surface area contributed by atoms with Crippen LogP contribution in [0.2, 0.25) is 0 Å². The lowest BCUT2D eigenvalue weighted by atomic mass is 10.3. The second-order valence-corrected chi connectivity index (χ2v) is 7.08. The molecular formula is C20H32N8. The minimum absolute atomic E-state index is 0.793. The van der Waals surface area contributed by atoms with Gasteiger partial charge < -0.3 is 19.7 Å². The highest BCUT2D eigenvalue weighted by Crippen LogP contribution is 2.09. The Kier molecular flexibility index (Phi) is 7.25. The lowest BCUT2D eigenvalue weighted by Gasteiger charge is -2.34. The summed E-state index contributed by atoms with van der Waals surface area (Å²) in [6.45, 7) is 9.53. The summed E-state index contributed by atoms with van der Waals surface area (Å²) in [6, 6.07) is 6.08. The highest BCUT2D eigenvalue weighted by molar-refractivity contribution is 5.79. The van der Waals surface area contributed by atoms with E-state index in [1.165, 1.54) is 5.69 Å². The van der Waals surface area contributed by atoms with Crippen molar-refractivity contribution in [2.24, 2.45) is 12.0 Å². The van der Waals surface area contributed by atoms with Crippen LogP contribution in [0.3, 0.4) is 0 Å². The number of rotatable bonds is 7. The Morgan fingerprint density at radius 1 is 1.18 bits per heavy atom. The third-order valence-electron chi connectivity index (χ3n) is 5.03. The van der Waals surface area contributed by atoms with Crippen LogP contribution in [0, 0.1) is 0 Å². The van der Waals surface area contributed by atoms with Crippen LogP contribution in [0.15, 0.2) is 41.8 Å². The van der Waals surface area contributed by atoms with Crippen LogP contribution in [0.5, 0.6) is 0 Å². The topological polar surface area (TPSA) is 64.8 Å². The van der Waals surface area contributed by atoms with Crippen molar-refractivity contribution in [3.63, 3.8) is 0 Å². The van der Waals surface area contributed by atoms with Crippen LogP contribution in [-0.2, 0) is 13.6 Å². The van der Waals surface area contributed by atoms with Crippen LogP contribution in [0.4, 0.5) is 5.95 Å². The van der Waals surface area contributed by atoms with Crippen LogP contribution in [-0.4, -0.2) is 83.2 Å². The van der Waals surface area contributed by atoms with Crippen molar-refractivity contribution in [1.29, 1.82) is 0 Å². The fourth-order valence-electron chi connectivity index (χ4n) is 3.37. The molecule has 8 heteroatoms. The summed E-state index contributed by atoms with van der Waals surface area (Å²) >= 11 is 0. The third kappa shape index (κ3) is 5.45. The SMILES string of the molecule is CCNC(=NCCN1CCN(c2ncccn2)CC1)N(C)Cc1cccn1C.